The molecular weight excluding hydrogens is 376 g/mol. The summed E-state index contributed by atoms with van der Waals surface area (Å²) in [4.78, 5) is 16.9. The molecule has 1 aliphatic heterocycles. The van der Waals surface area contributed by atoms with E-state index in [1.165, 1.54) is 0 Å². The third-order valence-electron chi connectivity index (χ3n) is 4.94. The molecule has 0 spiro atoms. The number of fused-ring (bicyclic) bond motifs is 1. The summed E-state index contributed by atoms with van der Waals surface area (Å²) in [5.41, 5.74) is 5.17. The lowest BCUT2D eigenvalue weighted by atomic mass is 10.1. The number of hydrogen-bond donors (Lipinski definition) is 1. The molecule has 3 aromatic rings. The number of carbonyl (C=O) groups is 1. The summed E-state index contributed by atoms with van der Waals surface area (Å²) in [5, 5.41) is 0. The third kappa shape index (κ3) is 3.79. The van der Waals surface area contributed by atoms with E-state index in [1.54, 1.807) is 39.6 Å². The zero-order valence-electron chi connectivity index (χ0n) is 15.4. The van der Waals surface area contributed by atoms with Crippen molar-refractivity contribution in [1.29, 1.82) is 0 Å². The van der Waals surface area contributed by atoms with Gasteiger partial charge in [-0.05, 0) is 42.7 Å². The summed E-state index contributed by atoms with van der Waals surface area (Å²) in [7, 11) is -3.45. The Labute approximate surface area is 164 Å². The van der Waals surface area contributed by atoms with Gasteiger partial charge in [-0.1, -0.05) is 30.7 Å². The minimum atomic E-state index is -3.45. The number of hydrogen-bond acceptors (Lipinski definition) is 4. The molecule has 4 rings (SSSR count). The molecule has 1 aromatic heterocycles. The monoisotopic (exact) mass is 398 g/mol. The number of nitrogens with zero attached hydrogens (tertiary/aromatic N) is 3. The average molecular weight is 398 g/mol. The number of nitrogens with one attached hydrogen (secondary N) is 1. The maximum absolute atomic E-state index is 12.7. The fraction of sp³-hybridized carbons (Fsp3) is 0.300. The number of piperidine rings is 1. The number of carbonyl (C=O) groups excluding carboxylic acids is 1. The van der Waals surface area contributed by atoms with Crippen molar-refractivity contribution in [3.63, 3.8) is 0 Å². The largest absolute Gasteiger partial charge is 0.273 e. The van der Waals surface area contributed by atoms with Crippen molar-refractivity contribution in [3.05, 3.63) is 60.4 Å². The van der Waals surface area contributed by atoms with Crippen molar-refractivity contribution >= 4 is 27.0 Å². The number of benzene rings is 2. The average Bonchev–Trinajstić information content (AvgIpc) is 3.12. The summed E-state index contributed by atoms with van der Waals surface area (Å²) in [5.74, 6) is -0.199. The standard InChI is InChI=1S/C20H22N4O3S/c25-20(22-24-15-21-18-6-2-3-7-19(18)24)14-16-8-10-17(11-9-16)28(26,27)23-12-4-1-5-13-23/h2-3,6-11,15H,1,4-5,12-14H2,(H,22,25). The number of para-hydroxylation sites is 2. The van der Waals surface area contributed by atoms with E-state index in [9.17, 15) is 13.2 Å². The first-order valence-electron chi connectivity index (χ1n) is 9.35. The Bertz CT molecular complexity index is 1080. The molecule has 1 saturated heterocycles. The van der Waals surface area contributed by atoms with Gasteiger partial charge in [0.05, 0.1) is 22.3 Å². The quantitative estimate of drug-likeness (QED) is 0.716. The predicted octanol–water partition coefficient (Wildman–Crippen LogP) is 2.52. The molecular formula is C20H22N4O3S. The summed E-state index contributed by atoms with van der Waals surface area (Å²) < 4.78 is 28.5. The van der Waals surface area contributed by atoms with Crippen LogP contribution in [0.5, 0.6) is 0 Å². The van der Waals surface area contributed by atoms with E-state index in [1.807, 2.05) is 24.3 Å². The molecule has 0 saturated carbocycles. The van der Waals surface area contributed by atoms with Crippen LogP contribution in [0.4, 0.5) is 0 Å². The molecule has 1 aliphatic rings. The fourth-order valence-electron chi connectivity index (χ4n) is 3.44. The van der Waals surface area contributed by atoms with E-state index >= 15 is 0 Å². The van der Waals surface area contributed by atoms with Crippen LogP contribution in [0.2, 0.25) is 0 Å². The molecule has 2 aromatic carbocycles. The third-order valence-corrected chi connectivity index (χ3v) is 6.85. The van der Waals surface area contributed by atoms with Gasteiger partial charge in [0.1, 0.15) is 6.33 Å². The highest BCUT2D eigenvalue weighted by atomic mass is 32.2. The molecule has 7 nitrogen and oxygen atoms in total. The molecule has 1 amide bonds. The van der Waals surface area contributed by atoms with Gasteiger partial charge in [0.25, 0.3) is 0 Å². The lowest BCUT2D eigenvalue weighted by molar-refractivity contribution is -0.116. The van der Waals surface area contributed by atoms with Gasteiger partial charge >= 0.3 is 0 Å². The Hall–Kier alpha value is -2.71. The van der Waals surface area contributed by atoms with E-state index in [0.29, 0.717) is 13.1 Å². The maximum atomic E-state index is 12.7. The highest BCUT2D eigenvalue weighted by molar-refractivity contribution is 7.89. The van der Waals surface area contributed by atoms with Crippen molar-refractivity contribution in [2.75, 3.05) is 18.5 Å². The van der Waals surface area contributed by atoms with Gasteiger partial charge in [-0.3, -0.25) is 10.2 Å². The topological polar surface area (TPSA) is 84.3 Å². The van der Waals surface area contributed by atoms with Crippen LogP contribution in [-0.2, 0) is 21.2 Å². The first-order chi connectivity index (χ1) is 13.5. The van der Waals surface area contributed by atoms with E-state index in [2.05, 4.69) is 10.4 Å². The minimum absolute atomic E-state index is 0.149. The van der Waals surface area contributed by atoms with Gasteiger partial charge in [-0.25, -0.2) is 18.1 Å². The van der Waals surface area contributed by atoms with Crippen LogP contribution in [0.1, 0.15) is 24.8 Å². The van der Waals surface area contributed by atoms with Gasteiger partial charge in [-0.2, -0.15) is 4.31 Å². The highest BCUT2D eigenvalue weighted by Gasteiger charge is 2.25. The lowest BCUT2D eigenvalue weighted by Gasteiger charge is -2.25. The van der Waals surface area contributed by atoms with Gasteiger partial charge in [0.15, 0.2) is 0 Å². The molecule has 0 atom stereocenters. The summed E-state index contributed by atoms with van der Waals surface area (Å²) in [6, 6.07) is 14.1. The van der Waals surface area contributed by atoms with Crippen molar-refractivity contribution in [2.45, 2.75) is 30.6 Å². The van der Waals surface area contributed by atoms with Crippen LogP contribution in [0.25, 0.3) is 11.0 Å². The van der Waals surface area contributed by atoms with Crippen molar-refractivity contribution in [3.8, 4) is 0 Å². The Kier molecular flexibility index (Phi) is 5.15. The molecule has 146 valence electrons. The molecule has 0 radical (unpaired) electrons. The second-order valence-corrected chi connectivity index (χ2v) is 8.86. The van der Waals surface area contributed by atoms with Crippen molar-refractivity contribution in [1.82, 2.24) is 14.0 Å². The van der Waals surface area contributed by atoms with Crippen LogP contribution < -0.4 is 5.43 Å². The summed E-state index contributed by atoms with van der Waals surface area (Å²) in [6.07, 6.45) is 4.60. The van der Waals surface area contributed by atoms with E-state index in [4.69, 9.17) is 0 Å². The van der Waals surface area contributed by atoms with Gasteiger partial charge in [-0.15, -0.1) is 0 Å². The molecule has 1 N–H and O–H groups in total. The molecule has 1 fully saturated rings. The Morgan fingerprint density at radius 3 is 2.46 bits per heavy atom. The Morgan fingerprint density at radius 2 is 1.71 bits per heavy atom. The van der Waals surface area contributed by atoms with Gasteiger partial charge in [0, 0.05) is 13.1 Å². The summed E-state index contributed by atoms with van der Waals surface area (Å²) >= 11 is 0. The van der Waals surface area contributed by atoms with Crippen LogP contribution in [-0.4, -0.2) is 41.4 Å². The second-order valence-electron chi connectivity index (χ2n) is 6.92. The molecule has 0 unspecified atom stereocenters. The number of imidazole rings is 1. The second kappa shape index (κ2) is 7.73. The fourth-order valence-corrected chi connectivity index (χ4v) is 4.96. The van der Waals surface area contributed by atoms with E-state index in [-0.39, 0.29) is 17.2 Å². The zero-order chi connectivity index (χ0) is 19.6. The molecule has 2 heterocycles. The van der Waals surface area contributed by atoms with Crippen molar-refractivity contribution < 1.29 is 13.2 Å². The molecule has 8 heteroatoms. The smallest absolute Gasteiger partial charge is 0.243 e. The van der Waals surface area contributed by atoms with E-state index in [0.717, 1.165) is 35.9 Å². The van der Waals surface area contributed by atoms with Crippen LogP contribution in [0.15, 0.2) is 59.8 Å². The molecule has 0 aliphatic carbocycles. The van der Waals surface area contributed by atoms with Crippen molar-refractivity contribution in [2.24, 2.45) is 0 Å². The SMILES string of the molecule is O=C(Cc1ccc(S(=O)(=O)N2CCCCC2)cc1)Nn1cnc2ccccc21. The van der Waals surface area contributed by atoms with Gasteiger partial charge < -0.3 is 0 Å². The van der Waals surface area contributed by atoms with Crippen LogP contribution >= 0.6 is 0 Å². The number of amides is 1. The predicted molar refractivity (Wildman–Crippen MR) is 107 cm³/mol. The molecule has 28 heavy (non-hydrogen) atoms. The first kappa shape index (κ1) is 18.6. The van der Waals surface area contributed by atoms with Crippen LogP contribution in [0, 0.1) is 0 Å². The van der Waals surface area contributed by atoms with Gasteiger partial charge in [0.2, 0.25) is 15.9 Å². The lowest BCUT2D eigenvalue weighted by Crippen LogP contribution is -2.35. The minimum Gasteiger partial charge on any atom is -0.273 e. The normalized spacial score (nSPS) is 15.6. The first-order valence-corrected chi connectivity index (χ1v) is 10.8. The zero-order valence-corrected chi connectivity index (χ0v) is 16.2. The Balaban J connectivity index is 1.43. The number of aromatic nitrogens is 2. The Morgan fingerprint density at radius 1 is 1.00 bits per heavy atom. The summed E-state index contributed by atoms with van der Waals surface area (Å²) in [6.45, 7) is 1.15. The molecule has 0 bridgehead atoms. The number of rotatable bonds is 5. The van der Waals surface area contributed by atoms with Crippen LogP contribution in [0.3, 0.4) is 0 Å². The maximum Gasteiger partial charge on any atom is 0.243 e. The van der Waals surface area contributed by atoms with E-state index < -0.39 is 10.0 Å². The number of sulfonamides is 1. The highest BCUT2D eigenvalue weighted by Crippen LogP contribution is 2.21.